The summed E-state index contributed by atoms with van der Waals surface area (Å²) >= 11 is 0. The van der Waals surface area contributed by atoms with Crippen LogP contribution in [0.1, 0.15) is 18.5 Å². The third-order valence-electron chi connectivity index (χ3n) is 4.40. The lowest BCUT2D eigenvalue weighted by atomic mass is 10.2. The molecular formula is C19H21N5O2. The van der Waals surface area contributed by atoms with Gasteiger partial charge in [0.05, 0.1) is 6.10 Å². The van der Waals surface area contributed by atoms with Crippen LogP contribution in [0.2, 0.25) is 0 Å². The van der Waals surface area contributed by atoms with Gasteiger partial charge in [-0.05, 0) is 31.9 Å². The maximum atomic E-state index is 6.22. The molecule has 1 aliphatic heterocycles. The number of nitrogens with zero attached hydrogens (tertiary/aromatic N) is 3. The second kappa shape index (κ2) is 7.13. The topological polar surface area (TPSA) is 95.2 Å². The first-order valence-electron chi connectivity index (χ1n) is 8.71. The lowest BCUT2D eigenvalue weighted by Gasteiger charge is -2.14. The second-order valence-corrected chi connectivity index (χ2v) is 6.34. The van der Waals surface area contributed by atoms with Crippen LogP contribution in [0, 0.1) is 6.92 Å². The van der Waals surface area contributed by atoms with Gasteiger partial charge in [-0.2, -0.15) is 4.98 Å². The fourth-order valence-electron chi connectivity index (χ4n) is 3.02. The number of hydrogen-bond donors (Lipinski definition) is 2. The fraction of sp³-hybridized carbons (Fsp3) is 0.316. The van der Waals surface area contributed by atoms with Crippen molar-refractivity contribution >= 4 is 22.4 Å². The van der Waals surface area contributed by atoms with Crippen LogP contribution >= 0.6 is 0 Å². The van der Waals surface area contributed by atoms with Gasteiger partial charge in [-0.15, -0.1) is 0 Å². The minimum atomic E-state index is 0.193. The van der Waals surface area contributed by atoms with Gasteiger partial charge in [-0.3, -0.25) is 0 Å². The zero-order valence-corrected chi connectivity index (χ0v) is 14.6. The standard InChI is InChI=1S/C19H21N5O2/c1-12-7-8-13-4-2-6-15(17(13)24-12)26-19-16(20)18(22-11-23-19)21-10-14-5-3-9-25-14/h2,4,6-8,11,14H,3,5,9-10,20H2,1H3,(H,21,22,23). The molecule has 0 saturated carbocycles. The van der Waals surface area contributed by atoms with Gasteiger partial charge < -0.3 is 20.5 Å². The molecule has 134 valence electrons. The zero-order valence-electron chi connectivity index (χ0n) is 14.6. The fourth-order valence-corrected chi connectivity index (χ4v) is 3.02. The quantitative estimate of drug-likeness (QED) is 0.728. The minimum absolute atomic E-state index is 0.193. The van der Waals surface area contributed by atoms with Crippen molar-refractivity contribution in [1.29, 1.82) is 0 Å². The van der Waals surface area contributed by atoms with E-state index in [0.29, 0.717) is 29.7 Å². The highest BCUT2D eigenvalue weighted by Crippen LogP contribution is 2.33. The summed E-state index contributed by atoms with van der Waals surface area (Å²) in [5, 5.41) is 4.23. The van der Waals surface area contributed by atoms with E-state index < -0.39 is 0 Å². The molecule has 1 atom stereocenters. The number of anilines is 2. The Labute approximate surface area is 151 Å². The molecule has 0 radical (unpaired) electrons. The molecule has 0 bridgehead atoms. The van der Waals surface area contributed by atoms with Crippen molar-refractivity contribution in [2.24, 2.45) is 0 Å². The van der Waals surface area contributed by atoms with Crippen LogP contribution < -0.4 is 15.8 Å². The van der Waals surface area contributed by atoms with E-state index in [1.54, 1.807) is 0 Å². The van der Waals surface area contributed by atoms with Crippen molar-refractivity contribution in [2.75, 3.05) is 24.2 Å². The van der Waals surface area contributed by atoms with Crippen LogP contribution in [-0.4, -0.2) is 34.2 Å². The monoisotopic (exact) mass is 351 g/mol. The Balaban J connectivity index is 1.58. The second-order valence-electron chi connectivity index (χ2n) is 6.34. The third-order valence-corrected chi connectivity index (χ3v) is 4.40. The van der Waals surface area contributed by atoms with Crippen molar-refractivity contribution in [1.82, 2.24) is 15.0 Å². The van der Waals surface area contributed by atoms with Crippen LogP contribution in [0.4, 0.5) is 11.5 Å². The van der Waals surface area contributed by atoms with Gasteiger partial charge in [0, 0.05) is 24.2 Å². The molecule has 1 saturated heterocycles. The van der Waals surface area contributed by atoms with Gasteiger partial charge in [0.25, 0.3) is 0 Å². The molecule has 1 fully saturated rings. The summed E-state index contributed by atoms with van der Waals surface area (Å²) in [6.45, 7) is 3.42. The van der Waals surface area contributed by atoms with E-state index in [-0.39, 0.29) is 6.10 Å². The van der Waals surface area contributed by atoms with Crippen molar-refractivity contribution in [3.8, 4) is 11.6 Å². The number of nitrogens with two attached hydrogens (primary N) is 1. The molecule has 26 heavy (non-hydrogen) atoms. The smallest absolute Gasteiger partial charge is 0.248 e. The van der Waals surface area contributed by atoms with E-state index in [4.69, 9.17) is 15.2 Å². The number of aromatic nitrogens is 3. The molecule has 7 heteroatoms. The van der Waals surface area contributed by atoms with Crippen LogP contribution in [0.5, 0.6) is 11.6 Å². The Hall–Kier alpha value is -2.93. The summed E-state index contributed by atoms with van der Waals surface area (Å²) in [4.78, 5) is 13.0. The normalized spacial score (nSPS) is 16.7. The number of para-hydroxylation sites is 1. The van der Waals surface area contributed by atoms with E-state index in [9.17, 15) is 0 Å². The largest absolute Gasteiger partial charge is 0.435 e. The SMILES string of the molecule is Cc1ccc2cccc(Oc3ncnc(NCC4CCCO4)c3N)c2n1. The Morgan fingerprint density at radius 2 is 2.19 bits per heavy atom. The van der Waals surface area contributed by atoms with Crippen LogP contribution in [-0.2, 0) is 4.74 Å². The number of ether oxygens (including phenoxy) is 2. The van der Waals surface area contributed by atoms with Gasteiger partial charge in [-0.1, -0.05) is 18.2 Å². The highest BCUT2D eigenvalue weighted by atomic mass is 16.5. The predicted octanol–water partition coefficient (Wildman–Crippen LogP) is 3.30. The Bertz CT molecular complexity index is 925. The van der Waals surface area contributed by atoms with Gasteiger partial charge in [0.1, 0.15) is 17.5 Å². The van der Waals surface area contributed by atoms with Crippen LogP contribution in [0.3, 0.4) is 0 Å². The molecule has 3 heterocycles. The Morgan fingerprint density at radius 3 is 3.04 bits per heavy atom. The maximum absolute atomic E-state index is 6.22. The van der Waals surface area contributed by atoms with E-state index in [2.05, 4.69) is 20.3 Å². The number of aryl methyl sites for hydroxylation is 1. The lowest BCUT2D eigenvalue weighted by Crippen LogP contribution is -2.19. The average Bonchev–Trinajstić information content (AvgIpc) is 3.16. The van der Waals surface area contributed by atoms with Crippen molar-refractivity contribution in [3.05, 3.63) is 42.4 Å². The molecular weight excluding hydrogens is 330 g/mol. The van der Waals surface area contributed by atoms with E-state index in [1.165, 1.54) is 6.33 Å². The number of hydrogen-bond acceptors (Lipinski definition) is 7. The number of nitrogen functional groups attached to an aromatic ring is 1. The first-order chi connectivity index (χ1) is 12.7. The molecule has 7 nitrogen and oxygen atoms in total. The molecule has 3 aromatic rings. The van der Waals surface area contributed by atoms with E-state index >= 15 is 0 Å². The summed E-state index contributed by atoms with van der Waals surface area (Å²) < 4.78 is 11.6. The first-order valence-corrected chi connectivity index (χ1v) is 8.71. The molecule has 3 N–H and O–H groups in total. The summed E-state index contributed by atoms with van der Waals surface area (Å²) in [6.07, 6.45) is 3.77. The number of fused-ring (bicyclic) bond motifs is 1. The molecule has 0 aliphatic carbocycles. The highest BCUT2D eigenvalue weighted by molar-refractivity contribution is 5.85. The maximum Gasteiger partial charge on any atom is 0.248 e. The number of pyridine rings is 1. The summed E-state index contributed by atoms with van der Waals surface area (Å²) in [7, 11) is 0. The van der Waals surface area contributed by atoms with Crippen LogP contribution in [0.25, 0.3) is 10.9 Å². The van der Waals surface area contributed by atoms with Crippen LogP contribution in [0.15, 0.2) is 36.7 Å². The molecule has 2 aromatic heterocycles. The number of benzene rings is 1. The molecule has 1 unspecified atom stereocenters. The first kappa shape index (κ1) is 16.5. The zero-order chi connectivity index (χ0) is 17.9. The Kier molecular flexibility index (Phi) is 4.53. The molecule has 4 rings (SSSR count). The average molecular weight is 351 g/mol. The molecule has 1 aromatic carbocycles. The summed E-state index contributed by atoms with van der Waals surface area (Å²) in [5.74, 6) is 1.47. The minimum Gasteiger partial charge on any atom is -0.435 e. The molecule has 1 aliphatic rings. The predicted molar refractivity (Wildman–Crippen MR) is 100 cm³/mol. The lowest BCUT2D eigenvalue weighted by molar-refractivity contribution is 0.120. The number of nitrogens with one attached hydrogen (secondary N) is 1. The van der Waals surface area contributed by atoms with Gasteiger partial charge in [0.2, 0.25) is 5.88 Å². The van der Waals surface area contributed by atoms with Crippen molar-refractivity contribution in [3.63, 3.8) is 0 Å². The number of rotatable bonds is 5. The molecule has 0 amide bonds. The van der Waals surface area contributed by atoms with Crippen molar-refractivity contribution < 1.29 is 9.47 Å². The van der Waals surface area contributed by atoms with E-state index in [0.717, 1.165) is 36.0 Å². The van der Waals surface area contributed by atoms with E-state index in [1.807, 2.05) is 37.3 Å². The molecule has 0 spiro atoms. The van der Waals surface area contributed by atoms with Crippen molar-refractivity contribution in [2.45, 2.75) is 25.9 Å². The highest BCUT2D eigenvalue weighted by Gasteiger charge is 2.17. The summed E-state index contributed by atoms with van der Waals surface area (Å²) in [6, 6.07) is 9.76. The van der Waals surface area contributed by atoms with Gasteiger partial charge in [0.15, 0.2) is 11.6 Å². The van der Waals surface area contributed by atoms with Gasteiger partial charge in [-0.25, -0.2) is 9.97 Å². The van der Waals surface area contributed by atoms with Gasteiger partial charge >= 0.3 is 0 Å². The summed E-state index contributed by atoms with van der Waals surface area (Å²) in [5.41, 5.74) is 8.28. The third kappa shape index (κ3) is 3.39. The Morgan fingerprint density at radius 1 is 1.27 bits per heavy atom.